The third-order valence-electron chi connectivity index (χ3n) is 5.97. The van der Waals surface area contributed by atoms with Crippen molar-refractivity contribution in [2.75, 3.05) is 13.1 Å². The van der Waals surface area contributed by atoms with Gasteiger partial charge >= 0.3 is 11.9 Å². The smallest absolute Gasteiger partial charge is 0.414 e. The van der Waals surface area contributed by atoms with Gasteiger partial charge in [-0.05, 0) is 49.7 Å². The van der Waals surface area contributed by atoms with Crippen molar-refractivity contribution >= 4 is 34.6 Å². The summed E-state index contributed by atoms with van der Waals surface area (Å²) in [6.07, 6.45) is 4.84. The number of rotatable bonds is 5. The molecule has 0 unspecified atom stereocenters. The van der Waals surface area contributed by atoms with Crippen LogP contribution in [0.3, 0.4) is 0 Å². The molecule has 180 valence electrons. The molecule has 35 heavy (non-hydrogen) atoms. The van der Waals surface area contributed by atoms with Crippen LogP contribution in [0.1, 0.15) is 18.4 Å². The Morgan fingerprint density at radius 1 is 0.800 bits per heavy atom. The molecule has 0 radical (unpaired) electrons. The number of aliphatic carboxylic acids is 2. The second kappa shape index (κ2) is 11.7. The second-order valence-electron chi connectivity index (χ2n) is 8.41. The van der Waals surface area contributed by atoms with E-state index in [4.69, 9.17) is 19.8 Å². The predicted molar refractivity (Wildman–Crippen MR) is 139 cm³/mol. The summed E-state index contributed by atoms with van der Waals surface area (Å²) in [5.41, 5.74) is 3.94. The predicted octanol–water partition coefficient (Wildman–Crippen LogP) is 5.54. The molecule has 6 nitrogen and oxygen atoms in total. The highest BCUT2D eigenvalue weighted by molar-refractivity contribution is 8.00. The van der Waals surface area contributed by atoms with Gasteiger partial charge in [0.25, 0.3) is 0 Å². The van der Waals surface area contributed by atoms with E-state index in [1.165, 1.54) is 53.0 Å². The molecule has 4 aromatic rings. The number of fused-ring (bicyclic) bond motifs is 1. The summed E-state index contributed by atoms with van der Waals surface area (Å²) < 4.78 is 2.34. The van der Waals surface area contributed by atoms with Gasteiger partial charge in [-0.2, -0.15) is 0 Å². The van der Waals surface area contributed by atoms with Gasteiger partial charge in [0.2, 0.25) is 0 Å². The van der Waals surface area contributed by atoms with Crippen molar-refractivity contribution in [2.24, 2.45) is 0 Å². The maximum absolute atomic E-state index is 9.10. The molecule has 2 N–H and O–H groups in total. The van der Waals surface area contributed by atoms with E-state index in [1.807, 2.05) is 0 Å². The average Bonchev–Trinajstić information content (AvgIpc) is 3.25. The van der Waals surface area contributed by atoms with Crippen LogP contribution < -0.4 is 0 Å². The second-order valence-corrected chi connectivity index (χ2v) is 9.75. The Hall–Kier alpha value is -3.55. The zero-order valence-corrected chi connectivity index (χ0v) is 20.1. The topological polar surface area (TPSA) is 82.8 Å². The van der Waals surface area contributed by atoms with Crippen molar-refractivity contribution in [2.45, 2.75) is 29.5 Å². The molecule has 5 rings (SSSR count). The minimum Gasteiger partial charge on any atom is -0.473 e. The number of piperidine rings is 1. The fourth-order valence-electron chi connectivity index (χ4n) is 4.25. The molecule has 1 aromatic heterocycles. The van der Waals surface area contributed by atoms with Crippen molar-refractivity contribution in [3.8, 4) is 5.69 Å². The summed E-state index contributed by atoms with van der Waals surface area (Å²) in [5.74, 6) is -3.65. The third-order valence-corrected chi connectivity index (χ3v) is 7.35. The Kier molecular flexibility index (Phi) is 8.23. The minimum absolute atomic E-state index is 0.692. The van der Waals surface area contributed by atoms with E-state index in [0.29, 0.717) is 5.25 Å². The van der Waals surface area contributed by atoms with Crippen molar-refractivity contribution in [3.05, 3.63) is 96.7 Å². The number of para-hydroxylation sites is 2. The van der Waals surface area contributed by atoms with Gasteiger partial charge in [-0.3, -0.25) is 4.90 Å². The van der Waals surface area contributed by atoms with Gasteiger partial charge in [0, 0.05) is 34.0 Å². The number of hydrogen-bond acceptors (Lipinski definition) is 4. The van der Waals surface area contributed by atoms with Crippen molar-refractivity contribution in [1.29, 1.82) is 0 Å². The maximum atomic E-state index is 9.10. The molecule has 0 atom stereocenters. The van der Waals surface area contributed by atoms with Crippen LogP contribution in [-0.4, -0.2) is 50.0 Å². The number of thioether (sulfide) groups is 1. The number of hydrogen-bond donors (Lipinski definition) is 2. The van der Waals surface area contributed by atoms with Gasteiger partial charge in [0.1, 0.15) is 0 Å². The molecule has 1 aliphatic heterocycles. The number of aromatic nitrogens is 1. The lowest BCUT2D eigenvalue weighted by Gasteiger charge is -2.31. The van der Waals surface area contributed by atoms with Crippen LogP contribution in [0.15, 0.2) is 96.0 Å². The molecule has 0 bridgehead atoms. The van der Waals surface area contributed by atoms with Crippen LogP contribution in [-0.2, 0) is 16.1 Å². The number of carboxylic acids is 2. The highest BCUT2D eigenvalue weighted by Gasteiger charge is 2.22. The fourth-order valence-corrected chi connectivity index (χ4v) is 5.52. The number of carbonyl (C=O) groups is 2. The van der Waals surface area contributed by atoms with Crippen LogP contribution >= 0.6 is 11.8 Å². The maximum Gasteiger partial charge on any atom is 0.414 e. The summed E-state index contributed by atoms with van der Waals surface area (Å²) in [6.45, 7) is 3.44. The van der Waals surface area contributed by atoms with E-state index in [2.05, 4.69) is 112 Å². The molecular weight excluding hydrogens is 460 g/mol. The Labute approximate surface area is 208 Å². The Morgan fingerprint density at radius 2 is 1.37 bits per heavy atom. The van der Waals surface area contributed by atoms with Gasteiger partial charge in [0.05, 0.1) is 5.52 Å². The zero-order valence-electron chi connectivity index (χ0n) is 19.3. The first-order valence-corrected chi connectivity index (χ1v) is 12.4. The Bertz CT molecular complexity index is 1250. The van der Waals surface area contributed by atoms with E-state index in [-0.39, 0.29) is 0 Å². The van der Waals surface area contributed by atoms with E-state index in [1.54, 1.807) is 0 Å². The van der Waals surface area contributed by atoms with Gasteiger partial charge in [-0.15, -0.1) is 11.8 Å². The lowest BCUT2D eigenvalue weighted by Crippen LogP contribution is -2.34. The zero-order chi connectivity index (χ0) is 24.6. The molecule has 0 saturated carbocycles. The number of likely N-dealkylation sites (tertiary alicyclic amines) is 1. The highest BCUT2D eigenvalue weighted by Crippen LogP contribution is 2.37. The summed E-state index contributed by atoms with van der Waals surface area (Å²) in [6, 6.07) is 30.3. The van der Waals surface area contributed by atoms with E-state index >= 15 is 0 Å². The minimum atomic E-state index is -1.82. The van der Waals surface area contributed by atoms with E-state index < -0.39 is 11.9 Å². The van der Waals surface area contributed by atoms with E-state index in [0.717, 1.165) is 6.54 Å². The van der Waals surface area contributed by atoms with Crippen LogP contribution in [0, 0.1) is 0 Å². The monoisotopic (exact) mass is 488 g/mol. The van der Waals surface area contributed by atoms with Crippen LogP contribution in [0.5, 0.6) is 0 Å². The first-order valence-electron chi connectivity index (χ1n) is 11.6. The standard InChI is InChI=1S/C26H26N2S.C2H2O4/c1-3-9-21(10-4-1)19-27-17-15-23(16-18-27)29-26-20-28(22-11-5-2-6-12-22)25-14-8-7-13-24(25)26;3-1(4)2(5)6/h1-14,20,23H,15-19H2;(H,3,4)(H,5,6). The Balaban J connectivity index is 0.000000431. The summed E-state index contributed by atoms with van der Waals surface area (Å²) in [5, 5.41) is 16.8. The van der Waals surface area contributed by atoms with Crippen molar-refractivity contribution in [3.63, 3.8) is 0 Å². The summed E-state index contributed by atoms with van der Waals surface area (Å²) in [7, 11) is 0. The number of nitrogens with zero attached hydrogens (tertiary/aromatic N) is 2. The molecule has 7 heteroatoms. The first kappa shape index (κ1) is 24.6. The van der Waals surface area contributed by atoms with Crippen LogP contribution in [0.25, 0.3) is 16.6 Å². The quantitative estimate of drug-likeness (QED) is 0.359. The normalized spacial score (nSPS) is 14.3. The third kappa shape index (κ3) is 6.53. The summed E-state index contributed by atoms with van der Waals surface area (Å²) >= 11 is 2.07. The van der Waals surface area contributed by atoms with Gasteiger partial charge in [0.15, 0.2) is 0 Å². The Morgan fingerprint density at radius 3 is 2.00 bits per heavy atom. The number of benzene rings is 3. The number of carboxylic acid groups (broad SMARTS) is 2. The van der Waals surface area contributed by atoms with Crippen LogP contribution in [0.4, 0.5) is 0 Å². The molecule has 2 heterocycles. The van der Waals surface area contributed by atoms with Crippen LogP contribution in [0.2, 0.25) is 0 Å². The van der Waals surface area contributed by atoms with Gasteiger partial charge < -0.3 is 14.8 Å². The molecule has 1 saturated heterocycles. The lowest BCUT2D eigenvalue weighted by atomic mass is 10.1. The molecule has 0 aliphatic carbocycles. The van der Waals surface area contributed by atoms with Crippen molar-refractivity contribution in [1.82, 2.24) is 9.47 Å². The molecule has 3 aromatic carbocycles. The largest absolute Gasteiger partial charge is 0.473 e. The first-order chi connectivity index (χ1) is 17.0. The molecule has 1 fully saturated rings. The van der Waals surface area contributed by atoms with E-state index in [9.17, 15) is 0 Å². The lowest BCUT2D eigenvalue weighted by molar-refractivity contribution is -0.159. The molecular formula is C28H28N2O4S. The van der Waals surface area contributed by atoms with Crippen molar-refractivity contribution < 1.29 is 19.8 Å². The van der Waals surface area contributed by atoms with Gasteiger partial charge in [-0.1, -0.05) is 66.7 Å². The SMILES string of the molecule is O=C(O)C(=O)O.c1ccc(CN2CCC(Sc3cn(-c4ccccc4)c4ccccc34)CC2)cc1. The van der Waals surface area contributed by atoms with Gasteiger partial charge in [-0.25, -0.2) is 9.59 Å². The fraction of sp³-hybridized carbons (Fsp3) is 0.214. The molecule has 1 aliphatic rings. The summed E-state index contributed by atoms with van der Waals surface area (Å²) in [4.78, 5) is 22.2. The molecule has 0 amide bonds. The highest BCUT2D eigenvalue weighted by atomic mass is 32.2. The molecule has 0 spiro atoms. The average molecular weight is 489 g/mol.